The van der Waals surface area contributed by atoms with Crippen molar-refractivity contribution in [2.24, 2.45) is 0 Å². The summed E-state index contributed by atoms with van der Waals surface area (Å²) in [5.74, 6) is -0.458. The number of hydrogen-bond donors (Lipinski definition) is 2. The Kier molecular flexibility index (Phi) is 6.23. The van der Waals surface area contributed by atoms with Crippen molar-refractivity contribution in [2.75, 3.05) is 19.0 Å². The third-order valence-corrected chi connectivity index (χ3v) is 3.93. The molecule has 8 heteroatoms. The molecule has 0 fully saturated rings. The number of hydrogen-bond acceptors (Lipinski definition) is 5. The summed E-state index contributed by atoms with van der Waals surface area (Å²) in [7, 11) is 1.53. The molecule has 0 atom stereocenters. The van der Waals surface area contributed by atoms with Crippen molar-refractivity contribution in [3.63, 3.8) is 0 Å². The van der Waals surface area contributed by atoms with Gasteiger partial charge < -0.3 is 19.9 Å². The summed E-state index contributed by atoms with van der Waals surface area (Å²) >= 11 is 0. The standard InChI is InChI=1S/C19H23N3O5/c1-5-6-13-7-8-15(16(9-13)26-4)27-12-17(23)21-14-10-20-22(11-14)19(2,3)18(24)25/h5,7-11H,1,6,12H2,2-4H3,(H,21,23)(H,24,25). The Labute approximate surface area is 157 Å². The maximum Gasteiger partial charge on any atom is 0.331 e. The smallest absolute Gasteiger partial charge is 0.331 e. The lowest BCUT2D eigenvalue weighted by Gasteiger charge is -2.19. The quantitative estimate of drug-likeness (QED) is 0.655. The molecule has 0 bridgehead atoms. The predicted octanol–water partition coefficient (Wildman–Crippen LogP) is 2.46. The predicted molar refractivity (Wildman–Crippen MR) is 100 cm³/mol. The monoisotopic (exact) mass is 373 g/mol. The van der Waals surface area contributed by atoms with Gasteiger partial charge in [0.15, 0.2) is 23.6 Å². The van der Waals surface area contributed by atoms with Crippen molar-refractivity contribution in [3.8, 4) is 11.5 Å². The summed E-state index contributed by atoms with van der Waals surface area (Å²) in [6, 6.07) is 5.43. The van der Waals surface area contributed by atoms with Crippen LogP contribution in [0.1, 0.15) is 19.4 Å². The van der Waals surface area contributed by atoms with E-state index in [0.717, 1.165) is 5.56 Å². The van der Waals surface area contributed by atoms with Gasteiger partial charge >= 0.3 is 5.97 Å². The minimum absolute atomic E-state index is 0.231. The van der Waals surface area contributed by atoms with Gasteiger partial charge in [-0.3, -0.25) is 9.48 Å². The van der Waals surface area contributed by atoms with Crippen molar-refractivity contribution in [2.45, 2.75) is 25.8 Å². The number of benzene rings is 1. The Bertz CT molecular complexity index is 842. The molecule has 2 N–H and O–H groups in total. The highest BCUT2D eigenvalue weighted by atomic mass is 16.5. The van der Waals surface area contributed by atoms with E-state index in [4.69, 9.17) is 9.47 Å². The fourth-order valence-corrected chi connectivity index (χ4v) is 2.26. The zero-order valence-electron chi connectivity index (χ0n) is 15.6. The minimum atomic E-state index is -1.22. The molecule has 0 unspecified atom stereocenters. The van der Waals surface area contributed by atoms with E-state index in [1.165, 1.54) is 38.0 Å². The van der Waals surface area contributed by atoms with Crippen molar-refractivity contribution in [1.29, 1.82) is 0 Å². The van der Waals surface area contributed by atoms with E-state index in [1.807, 2.05) is 12.1 Å². The van der Waals surface area contributed by atoms with Crippen LogP contribution in [0, 0.1) is 0 Å². The lowest BCUT2D eigenvalue weighted by Crippen LogP contribution is -2.35. The average molecular weight is 373 g/mol. The second kappa shape index (κ2) is 8.39. The summed E-state index contributed by atoms with van der Waals surface area (Å²) in [5.41, 5.74) is 0.179. The van der Waals surface area contributed by atoms with Crippen LogP contribution in [0.25, 0.3) is 0 Å². The fourth-order valence-electron chi connectivity index (χ4n) is 2.26. The van der Waals surface area contributed by atoms with Crippen LogP contribution in [0.2, 0.25) is 0 Å². The maximum atomic E-state index is 12.1. The van der Waals surface area contributed by atoms with Crippen LogP contribution < -0.4 is 14.8 Å². The molecule has 0 saturated heterocycles. The lowest BCUT2D eigenvalue weighted by atomic mass is 10.1. The summed E-state index contributed by atoms with van der Waals surface area (Å²) in [6.07, 6.45) is 5.33. The van der Waals surface area contributed by atoms with Crippen molar-refractivity contribution < 1.29 is 24.2 Å². The molecule has 2 rings (SSSR count). The van der Waals surface area contributed by atoms with E-state index in [0.29, 0.717) is 23.6 Å². The molecule has 0 aliphatic rings. The number of amides is 1. The molecule has 27 heavy (non-hydrogen) atoms. The van der Waals surface area contributed by atoms with Crippen LogP contribution in [0.4, 0.5) is 5.69 Å². The van der Waals surface area contributed by atoms with E-state index in [-0.39, 0.29) is 6.61 Å². The van der Waals surface area contributed by atoms with Gasteiger partial charge in [-0.2, -0.15) is 5.10 Å². The average Bonchev–Trinajstić information content (AvgIpc) is 3.09. The lowest BCUT2D eigenvalue weighted by molar-refractivity contribution is -0.146. The molecular formula is C19H23N3O5. The number of carbonyl (C=O) groups is 2. The Balaban J connectivity index is 1.98. The number of ether oxygens (including phenoxy) is 2. The Morgan fingerprint density at radius 3 is 2.74 bits per heavy atom. The summed E-state index contributed by atoms with van der Waals surface area (Å²) < 4.78 is 12.1. The number of nitrogens with one attached hydrogen (secondary N) is 1. The molecule has 1 aromatic heterocycles. The first-order valence-corrected chi connectivity index (χ1v) is 8.27. The van der Waals surface area contributed by atoms with Crippen molar-refractivity contribution in [1.82, 2.24) is 9.78 Å². The Morgan fingerprint density at radius 1 is 1.37 bits per heavy atom. The van der Waals surface area contributed by atoms with Crippen LogP contribution in [0.5, 0.6) is 11.5 Å². The number of allylic oxidation sites excluding steroid dienone is 1. The fraction of sp³-hybridized carbons (Fsp3) is 0.316. The molecule has 0 saturated carbocycles. The van der Waals surface area contributed by atoms with Crippen LogP contribution in [0.3, 0.4) is 0 Å². The molecular weight excluding hydrogens is 350 g/mol. The first-order chi connectivity index (χ1) is 12.8. The summed E-state index contributed by atoms with van der Waals surface area (Å²) in [6.45, 7) is 6.49. The van der Waals surface area contributed by atoms with Gasteiger partial charge in [0, 0.05) is 6.20 Å². The number of rotatable bonds is 9. The van der Waals surface area contributed by atoms with E-state index in [9.17, 15) is 14.7 Å². The molecule has 0 aliphatic carbocycles. The molecule has 144 valence electrons. The summed E-state index contributed by atoms with van der Waals surface area (Å²) in [4.78, 5) is 23.4. The first-order valence-electron chi connectivity index (χ1n) is 8.27. The van der Waals surface area contributed by atoms with Crippen LogP contribution in [0.15, 0.2) is 43.2 Å². The molecule has 1 aromatic carbocycles. The molecule has 8 nitrogen and oxygen atoms in total. The van der Waals surface area contributed by atoms with Crippen LogP contribution >= 0.6 is 0 Å². The van der Waals surface area contributed by atoms with E-state index < -0.39 is 17.4 Å². The molecule has 0 aliphatic heterocycles. The maximum absolute atomic E-state index is 12.1. The molecule has 1 heterocycles. The van der Waals surface area contributed by atoms with Crippen molar-refractivity contribution in [3.05, 3.63) is 48.8 Å². The highest BCUT2D eigenvalue weighted by molar-refractivity contribution is 5.91. The van der Waals surface area contributed by atoms with E-state index in [1.54, 1.807) is 12.1 Å². The largest absolute Gasteiger partial charge is 0.493 e. The van der Waals surface area contributed by atoms with Crippen LogP contribution in [-0.2, 0) is 21.5 Å². The number of carboxylic acid groups (broad SMARTS) is 1. The normalized spacial score (nSPS) is 10.9. The van der Waals surface area contributed by atoms with Gasteiger partial charge in [0.05, 0.1) is 19.0 Å². The molecule has 2 aromatic rings. The number of carboxylic acids is 1. The van der Waals surface area contributed by atoms with E-state index >= 15 is 0 Å². The first kappa shape index (κ1) is 20.0. The van der Waals surface area contributed by atoms with E-state index in [2.05, 4.69) is 17.0 Å². The third kappa shape index (κ3) is 4.87. The van der Waals surface area contributed by atoms with Gasteiger partial charge in [0.25, 0.3) is 5.91 Å². The number of methoxy groups -OCH3 is 1. The zero-order chi connectivity index (χ0) is 20.0. The molecule has 0 spiro atoms. The third-order valence-electron chi connectivity index (χ3n) is 3.93. The number of aromatic nitrogens is 2. The Hall–Kier alpha value is -3.29. The second-order valence-corrected chi connectivity index (χ2v) is 6.35. The number of aliphatic carboxylic acids is 1. The Morgan fingerprint density at radius 2 is 2.11 bits per heavy atom. The topological polar surface area (TPSA) is 103 Å². The highest BCUT2D eigenvalue weighted by Crippen LogP contribution is 2.28. The minimum Gasteiger partial charge on any atom is -0.493 e. The number of carbonyl (C=O) groups excluding carboxylic acids is 1. The van der Waals surface area contributed by atoms with Crippen LogP contribution in [-0.4, -0.2) is 40.5 Å². The van der Waals surface area contributed by atoms with Gasteiger partial charge in [-0.05, 0) is 38.0 Å². The molecule has 0 radical (unpaired) electrons. The van der Waals surface area contributed by atoms with Gasteiger partial charge in [-0.15, -0.1) is 6.58 Å². The zero-order valence-corrected chi connectivity index (χ0v) is 15.6. The van der Waals surface area contributed by atoms with Gasteiger partial charge in [0.2, 0.25) is 0 Å². The van der Waals surface area contributed by atoms with Crippen molar-refractivity contribution >= 4 is 17.6 Å². The highest BCUT2D eigenvalue weighted by Gasteiger charge is 2.30. The van der Waals surface area contributed by atoms with Gasteiger partial charge in [-0.1, -0.05) is 12.1 Å². The van der Waals surface area contributed by atoms with Gasteiger partial charge in [-0.25, -0.2) is 4.79 Å². The number of anilines is 1. The van der Waals surface area contributed by atoms with Gasteiger partial charge in [0.1, 0.15) is 0 Å². The SMILES string of the molecule is C=CCc1ccc(OCC(=O)Nc2cnn(C(C)(C)C(=O)O)c2)c(OC)c1. The summed E-state index contributed by atoms with van der Waals surface area (Å²) in [5, 5.41) is 15.8. The second-order valence-electron chi connectivity index (χ2n) is 6.35. The molecule has 1 amide bonds. The number of nitrogens with zero attached hydrogens (tertiary/aromatic N) is 2.